The lowest BCUT2D eigenvalue weighted by atomic mass is 10.0. The van der Waals surface area contributed by atoms with E-state index in [9.17, 15) is 14.4 Å². The highest BCUT2D eigenvalue weighted by molar-refractivity contribution is 5.71. The second kappa shape index (κ2) is 47.1. The molecule has 1 atom stereocenters. The van der Waals surface area contributed by atoms with E-state index in [0.29, 0.717) is 19.3 Å². The average molecular weight is 807 g/mol. The summed E-state index contributed by atoms with van der Waals surface area (Å²) >= 11 is 0. The molecule has 57 heavy (non-hydrogen) atoms. The summed E-state index contributed by atoms with van der Waals surface area (Å²) in [6.45, 7) is 6.66. The van der Waals surface area contributed by atoms with E-state index in [-0.39, 0.29) is 31.1 Å². The number of rotatable bonds is 47. The van der Waals surface area contributed by atoms with Crippen LogP contribution in [0.5, 0.6) is 0 Å². The van der Waals surface area contributed by atoms with Gasteiger partial charge in [0, 0.05) is 19.3 Å². The lowest BCUT2D eigenvalue weighted by molar-refractivity contribution is -0.167. The van der Waals surface area contributed by atoms with E-state index < -0.39 is 6.10 Å². The van der Waals surface area contributed by atoms with E-state index in [4.69, 9.17) is 14.2 Å². The third-order valence-corrected chi connectivity index (χ3v) is 11.6. The first-order chi connectivity index (χ1) is 28.0. The van der Waals surface area contributed by atoms with Crippen LogP contribution in [0.3, 0.4) is 0 Å². The van der Waals surface area contributed by atoms with Gasteiger partial charge < -0.3 is 14.2 Å². The van der Waals surface area contributed by atoms with Crippen LogP contribution in [0.4, 0.5) is 0 Å². The fourth-order valence-corrected chi connectivity index (χ4v) is 7.74. The van der Waals surface area contributed by atoms with Crippen molar-refractivity contribution in [3.8, 4) is 0 Å². The van der Waals surface area contributed by atoms with E-state index in [2.05, 4.69) is 20.8 Å². The quantitative estimate of drug-likeness (QED) is 0.0346. The summed E-state index contributed by atoms with van der Waals surface area (Å²) in [6, 6.07) is 0. The van der Waals surface area contributed by atoms with E-state index in [0.717, 1.165) is 57.8 Å². The fourth-order valence-electron chi connectivity index (χ4n) is 7.74. The summed E-state index contributed by atoms with van der Waals surface area (Å²) in [6.07, 6.45) is 49.4. The molecule has 0 fully saturated rings. The largest absolute Gasteiger partial charge is 0.462 e. The van der Waals surface area contributed by atoms with Gasteiger partial charge in [0.15, 0.2) is 6.10 Å². The number of hydrogen-bond donors (Lipinski definition) is 0. The molecule has 0 radical (unpaired) electrons. The zero-order valence-corrected chi connectivity index (χ0v) is 38.6. The van der Waals surface area contributed by atoms with Crippen molar-refractivity contribution in [2.75, 3.05) is 13.2 Å². The maximum atomic E-state index is 12.8. The van der Waals surface area contributed by atoms with Gasteiger partial charge in [-0.05, 0) is 19.3 Å². The highest BCUT2D eigenvalue weighted by atomic mass is 16.6. The van der Waals surface area contributed by atoms with Crippen LogP contribution >= 0.6 is 0 Å². The van der Waals surface area contributed by atoms with Crippen molar-refractivity contribution >= 4 is 17.9 Å². The smallest absolute Gasteiger partial charge is 0.306 e. The molecular weight excluding hydrogens is 709 g/mol. The van der Waals surface area contributed by atoms with Crippen LogP contribution in [-0.2, 0) is 28.6 Å². The molecule has 0 aliphatic carbocycles. The van der Waals surface area contributed by atoms with Crippen molar-refractivity contribution in [1.82, 2.24) is 0 Å². The zero-order chi connectivity index (χ0) is 41.5. The first-order valence-electron chi connectivity index (χ1n) is 25.5. The predicted molar refractivity (Wildman–Crippen MR) is 243 cm³/mol. The monoisotopic (exact) mass is 807 g/mol. The van der Waals surface area contributed by atoms with Gasteiger partial charge in [-0.3, -0.25) is 14.4 Å². The van der Waals surface area contributed by atoms with Crippen molar-refractivity contribution in [3.63, 3.8) is 0 Å². The fraction of sp³-hybridized carbons (Fsp3) is 0.941. The standard InChI is InChI=1S/C51H98O6/c1-4-7-10-13-16-19-21-23-25-26-28-29-32-35-38-41-44-50(53)56-47-48(46-55-49(52)43-40-37-34-31-18-15-12-9-6-3)57-51(54)45-42-39-36-33-30-27-24-22-20-17-14-11-8-5-2/h48H,4-47H2,1-3H3. The molecular formula is C51H98O6. The number of unbranched alkanes of at least 4 members (excludes halogenated alkanes) is 36. The van der Waals surface area contributed by atoms with Gasteiger partial charge in [0.25, 0.3) is 0 Å². The van der Waals surface area contributed by atoms with Crippen LogP contribution in [0.2, 0.25) is 0 Å². The van der Waals surface area contributed by atoms with Gasteiger partial charge in [-0.15, -0.1) is 0 Å². The van der Waals surface area contributed by atoms with Crippen LogP contribution in [0, 0.1) is 0 Å². The van der Waals surface area contributed by atoms with Crippen molar-refractivity contribution in [2.45, 2.75) is 297 Å². The Morgan fingerprint density at radius 3 is 0.702 bits per heavy atom. The maximum absolute atomic E-state index is 12.8. The van der Waals surface area contributed by atoms with Gasteiger partial charge in [-0.25, -0.2) is 0 Å². The molecule has 0 aromatic rings. The van der Waals surface area contributed by atoms with Crippen LogP contribution in [0.15, 0.2) is 0 Å². The molecule has 0 aliphatic rings. The first kappa shape index (κ1) is 55.4. The highest BCUT2D eigenvalue weighted by Crippen LogP contribution is 2.17. The minimum Gasteiger partial charge on any atom is -0.462 e. The Labute approximate surface area is 355 Å². The summed E-state index contributed by atoms with van der Waals surface area (Å²) < 4.78 is 16.8. The lowest BCUT2D eigenvalue weighted by Gasteiger charge is -2.18. The van der Waals surface area contributed by atoms with Gasteiger partial charge in [0.05, 0.1) is 0 Å². The van der Waals surface area contributed by atoms with Gasteiger partial charge in [0.1, 0.15) is 13.2 Å². The van der Waals surface area contributed by atoms with Crippen molar-refractivity contribution in [1.29, 1.82) is 0 Å². The summed E-state index contributed by atoms with van der Waals surface area (Å²) in [5, 5.41) is 0. The molecule has 0 aliphatic heterocycles. The molecule has 0 saturated carbocycles. The molecule has 0 heterocycles. The van der Waals surface area contributed by atoms with Gasteiger partial charge in [0.2, 0.25) is 0 Å². The number of hydrogen-bond acceptors (Lipinski definition) is 6. The van der Waals surface area contributed by atoms with Crippen LogP contribution < -0.4 is 0 Å². The topological polar surface area (TPSA) is 78.9 Å². The van der Waals surface area contributed by atoms with Gasteiger partial charge in [-0.1, -0.05) is 252 Å². The summed E-state index contributed by atoms with van der Waals surface area (Å²) in [7, 11) is 0. The molecule has 0 aromatic heterocycles. The first-order valence-corrected chi connectivity index (χ1v) is 25.5. The Kier molecular flexibility index (Phi) is 45.8. The number of carbonyl (C=O) groups excluding carboxylic acids is 3. The molecule has 6 heteroatoms. The number of esters is 3. The summed E-state index contributed by atoms with van der Waals surface area (Å²) in [4.78, 5) is 37.8. The third-order valence-electron chi connectivity index (χ3n) is 11.6. The second-order valence-electron chi connectivity index (χ2n) is 17.5. The normalized spacial score (nSPS) is 11.8. The van der Waals surface area contributed by atoms with E-state index in [1.54, 1.807) is 0 Å². The molecule has 0 spiro atoms. The second-order valence-corrected chi connectivity index (χ2v) is 17.5. The maximum Gasteiger partial charge on any atom is 0.306 e. The Balaban J connectivity index is 4.26. The van der Waals surface area contributed by atoms with Crippen LogP contribution in [-0.4, -0.2) is 37.2 Å². The van der Waals surface area contributed by atoms with Gasteiger partial charge >= 0.3 is 17.9 Å². The van der Waals surface area contributed by atoms with Crippen molar-refractivity contribution in [3.05, 3.63) is 0 Å². The predicted octanol–water partition coefficient (Wildman–Crippen LogP) is 16.4. The molecule has 0 aromatic carbocycles. The third kappa shape index (κ3) is 45.3. The Morgan fingerprint density at radius 2 is 0.474 bits per heavy atom. The van der Waals surface area contributed by atoms with Crippen LogP contribution in [0.25, 0.3) is 0 Å². The minimum absolute atomic E-state index is 0.0620. The average Bonchev–Trinajstić information content (AvgIpc) is 3.21. The lowest BCUT2D eigenvalue weighted by Crippen LogP contribution is -2.30. The molecule has 0 bridgehead atoms. The Hall–Kier alpha value is -1.59. The van der Waals surface area contributed by atoms with E-state index in [1.165, 1.54) is 193 Å². The molecule has 338 valence electrons. The molecule has 0 N–H and O–H groups in total. The molecule has 6 nitrogen and oxygen atoms in total. The number of ether oxygens (including phenoxy) is 3. The van der Waals surface area contributed by atoms with Crippen molar-refractivity contribution in [2.24, 2.45) is 0 Å². The molecule has 0 amide bonds. The molecule has 0 saturated heterocycles. The zero-order valence-electron chi connectivity index (χ0n) is 38.6. The van der Waals surface area contributed by atoms with Gasteiger partial charge in [-0.2, -0.15) is 0 Å². The SMILES string of the molecule is CCCCCCCCCCCCCCCCCCC(=O)OCC(COC(=O)CCCCCCCCCCC)OC(=O)CCCCCCCCCCCCCCCC. The molecule has 1 unspecified atom stereocenters. The summed E-state index contributed by atoms with van der Waals surface area (Å²) in [5.74, 6) is -0.845. The highest BCUT2D eigenvalue weighted by Gasteiger charge is 2.19. The van der Waals surface area contributed by atoms with Crippen molar-refractivity contribution < 1.29 is 28.6 Å². The molecule has 0 rings (SSSR count). The van der Waals surface area contributed by atoms with E-state index in [1.807, 2.05) is 0 Å². The summed E-state index contributed by atoms with van der Waals surface area (Å²) in [5.41, 5.74) is 0. The minimum atomic E-state index is -0.758. The Bertz CT molecular complexity index is 844. The van der Waals surface area contributed by atoms with Crippen LogP contribution in [0.1, 0.15) is 290 Å². The number of carbonyl (C=O) groups is 3. The van der Waals surface area contributed by atoms with E-state index >= 15 is 0 Å². The Morgan fingerprint density at radius 1 is 0.281 bits per heavy atom.